The number of hydrogen-bond donors (Lipinski definition) is 6. The van der Waals surface area contributed by atoms with E-state index in [0.717, 1.165) is 12.0 Å². The molecule has 39 heavy (non-hydrogen) atoms. The second-order valence-electron chi connectivity index (χ2n) is 9.75. The number of carbonyl (C=O) groups is 5. The lowest BCUT2D eigenvalue weighted by atomic mass is 9.80. The van der Waals surface area contributed by atoms with Crippen molar-refractivity contribution in [1.29, 1.82) is 0 Å². The second-order valence-corrected chi connectivity index (χ2v) is 9.75. The Morgan fingerprint density at radius 2 is 1.62 bits per heavy atom. The zero-order chi connectivity index (χ0) is 28.4. The monoisotopic (exact) mass is 538 g/mol. The van der Waals surface area contributed by atoms with Crippen LogP contribution in [0.2, 0.25) is 0 Å². The number of carboxylic acids is 1. The Morgan fingerprint density at radius 3 is 2.23 bits per heavy atom. The first kappa shape index (κ1) is 29.2. The van der Waals surface area contributed by atoms with Gasteiger partial charge in [0.15, 0.2) is 0 Å². The van der Waals surface area contributed by atoms with E-state index in [1.807, 2.05) is 30.3 Å². The number of rotatable bonds is 11. The van der Waals surface area contributed by atoms with Crippen molar-refractivity contribution >= 4 is 29.6 Å². The van der Waals surface area contributed by atoms with Crippen molar-refractivity contribution in [1.82, 2.24) is 16.0 Å². The zero-order valence-electron chi connectivity index (χ0n) is 21.6. The summed E-state index contributed by atoms with van der Waals surface area (Å²) in [5.74, 6) is -4.73. The predicted octanol–water partition coefficient (Wildman–Crippen LogP) is 0.710. The van der Waals surface area contributed by atoms with Crippen LogP contribution in [-0.2, 0) is 43.2 Å². The lowest BCUT2D eigenvalue weighted by molar-refractivity contribution is -0.141. The van der Waals surface area contributed by atoms with Crippen molar-refractivity contribution in [2.24, 2.45) is 5.73 Å². The normalized spacial score (nSPS) is 15.0. The van der Waals surface area contributed by atoms with E-state index in [9.17, 15) is 29.1 Å². The molecule has 3 rings (SSSR count). The number of primary amides is 1. The van der Waals surface area contributed by atoms with E-state index in [2.05, 4.69) is 16.0 Å². The highest BCUT2D eigenvalue weighted by atomic mass is 16.4. The number of aliphatic carboxylic acids is 1. The summed E-state index contributed by atoms with van der Waals surface area (Å²) < 4.78 is 0. The van der Waals surface area contributed by atoms with E-state index >= 15 is 0 Å². The van der Waals surface area contributed by atoms with Gasteiger partial charge in [-0.05, 0) is 36.5 Å². The summed E-state index contributed by atoms with van der Waals surface area (Å²) in [7, 11) is 0. The van der Waals surface area contributed by atoms with Gasteiger partial charge in [-0.3, -0.25) is 24.0 Å². The molecule has 7 N–H and O–H groups in total. The van der Waals surface area contributed by atoms with Crippen LogP contribution in [0.15, 0.2) is 48.5 Å². The fraction of sp³-hybridized carbons (Fsp3) is 0.393. The van der Waals surface area contributed by atoms with Crippen molar-refractivity contribution < 1.29 is 34.2 Å². The average Bonchev–Trinajstić information content (AvgIpc) is 2.90. The molecule has 0 unspecified atom stereocenters. The van der Waals surface area contributed by atoms with Gasteiger partial charge in [-0.25, -0.2) is 0 Å². The van der Waals surface area contributed by atoms with Crippen LogP contribution in [0.3, 0.4) is 0 Å². The van der Waals surface area contributed by atoms with Gasteiger partial charge in [0.2, 0.25) is 11.8 Å². The van der Waals surface area contributed by atoms with Crippen LogP contribution in [0.1, 0.15) is 48.8 Å². The minimum Gasteiger partial charge on any atom is -0.508 e. The first-order valence-corrected chi connectivity index (χ1v) is 12.9. The number of phenolic OH excluding ortho intramolecular Hbond substituents is 1. The first-order chi connectivity index (χ1) is 18.6. The highest BCUT2D eigenvalue weighted by Gasteiger charge is 2.41. The number of phenols is 1. The van der Waals surface area contributed by atoms with Crippen LogP contribution in [0.25, 0.3) is 0 Å². The molecular formula is C28H34N4O7. The molecule has 0 bridgehead atoms. The molecule has 0 saturated heterocycles. The van der Waals surface area contributed by atoms with E-state index in [1.54, 1.807) is 0 Å². The third-order valence-corrected chi connectivity index (χ3v) is 6.84. The number of nitrogens with two attached hydrogens (primary N) is 1. The van der Waals surface area contributed by atoms with E-state index in [-0.39, 0.29) is 24.3 Å². The van der Waals surface area contributed by atoms with Crippen LogP contribution in [0, 0.1) is 0 Å². The molecular weight excluding hydrogens is 504 g/mol. The highest BCUT2D eigenvalue weighted by Crippen LogP contribution is 2.28. The van der Waals surface area contributed by atoms with Crippen LogP contribution < -0.4 is 21.7 Å². The SMILES string of the molecule is NC(=O)C1(NC(=O)[C@H](Cc2ccc(CC(=O)O)c(O)c2)NC(=O)C(=O)NCCc2ccccc2)CCCCC1. The molecule has 0 aliphatic heterocycles. The summed E-state index contributed by atoms with van der Waals surface area (Å²) in [6.45, 7) is 0.205. The summed E-state index contributed by atoms with van der Waals surface area (Å²) in [4.78, 5) is 61.9. The van der Waals surface area contributed by atoms with Gasteiger partial charge in [0.05, 0.1) is 6.42 Å². The fourth-order valence-electron chi connectivity index (χ4n) is 4.67. The first-order valence-electron chi connectivity index (χ1n) is 12.9. The van der Waals surface area contributed by atoms with Gasteiger partial charge in [0.1, 0.15) is 17.3 Å². The number of amides is 4. The quantitative estimate of drug-likeness (QED) is 0.227. The second kappa shape index (κ2) is 13.4. The molecule has 2 aromatic carbocycles. The lowest BCUT2D eigenvalue weighted by Gasteiger charge is -2.36. The number of carbonyl (C=O) groups excluding carboxylic acids is 4. The number of carboxylic acid groups (broad SMARTS) is 1. The Kier molecular flexibility index (Phi) is 10.0. The number of hydrogen-bond acceptors (Lipinski definition) is 6. The minimum atomic E-state index is -1.28. The minimum absolute atomic E-state index is 0.134. The molecule has 208 valence electrons. The molecule has 11 heteroatoms. The largest absolute Gasteiger partial charge is 0.508 e. The van der Waals surface area contributed by atoms with Crippen LogP contribution in [0.5, 0.6) is 5.75 Å². The summed E-state index contributed by atoms with van der Waals surface area (Å²) in [6, 6.07) is 12.3. The Labute approximate surface area is 226 Å². The maximum Gasteiger partial charge on any atom is 0.309 e. The highest BCUT2D eigenvalue weighted by molar-refractivity contribution is 6.35. The van der Waals surface area contributed by atoms with Crippen LogP contribution >= 0.6 is 0 Å². The third kappa shape index (κ3) is 8.29. The third-order valence-electron chi connectivity index (χ3n) is 6.84. The molecule has 0 heterocycles. The van der Waals surface area contributed by atoms with E-state index in [4.69, 9.17) is 10.8 Å². The Hall–Kier alpha value is -4.41. The Bertz CT molecular complexity index is 1210. The van der Waals surface area contributed by atoms with Crippen LogP contribution in [0.4, 0.5) is 0 Å². The fourth-order valence-corrected chi connectivity index (χ4v) is 4.67. The molecule has 1 fully saturated rings. The molecule has 1 atom stereocenters. The van der Waals surface area contributed by atoms with Gasteiger partial charge >= 0.3 is 17.8 Å². The number of nitrogens with one attached hydrogen (secondary N) is 3. The predicted molar refractivity (Wildman–Crippen MR) is 141 cm³/mol. The summed E-state index contributed by atoms with van der Waals surface area (Å²) >= 11 is 0. The Balaban J connectivity index is 1.74. The van der Waals surface area contributed by atoms with Gasteiger partial charge < -0.3 is 31.9 Å². The van der Waals surface area contributed by atoms with Crippen molar-refractivity contribution in [2.75, 3.05) is 6.54 Å². The molecule has 4 amide bonds. The average molecular weight is 539 g/mol. The topological polar surface area (TPSA) is 188 Å². The smallest absolute Gasteiger partial charge is 0.309 e. The molecule has 0 aromatic heterocycles. The Morgan fingerprint density at radius 1 is 0.923 bits per heavy atom. The van der Waals surface area contributed by atoms with Crippen molar-refractivity contribution in [3.8, 4) is 5.75 Å². The standard InChI is InChI=1S/C28H34N4O7/c29-27(39)28(12-5-2-6-13-28)32-24(36)21(15-19-9-10-20(17-23(34)35)22(33)16-19)31-26(38)25(37)30-14-11-18-7-3-1-4-8-18/h1,3-4,7-10,16,21,33H,2,5-6,11-15,17H2,(H2,29,39)(H,30,37)(H,31,38)(H,32,36)(H,34,35)/t21-/m0/s1. The molecule has 11 nitrogen and oxygen atoms in total. The molecule has 1 aliphatic carbocycles. The van der Waals surface area contributed by atoms with Crippen molar-refractivity contribution in [2.45, 2.75) is 62.9 Å². The number of benzene rings is 2. The molecule has 2 aromatic rings. The van der Waals surface area contributed by atoms with Gasteiger partial charge in [0.25, 0.3) is 0 Å². The number of aromatic hydroxyl groups is 1. The van der Waals surface area contributed by atoms with Crippen LogP contribution in [-0.4, -0.2) is 57.9 Å². The van der Waals surface area contributed by atoms with Gasteiger partial charge in [-0.2, -0.15) is 0 Å². The van der Waals surface area contributed by atoms with E-state index in [0.29, 0.717) is 37.7 Å². The summed E-state index contributed by atoms with van der Waals surface area (Å²) in [6.07, 6.45) is 3.00. The van der Waals surface area contributed by atoms with E-state index in [1.165, 1.54) is 18.2 Å². The zero-order valence-corrected chi connectivity index (χ0v) is 21.6. The van der Waals surface area contributed by atoms with E-state index < -0.39 is 47.6 Å². The van der Waals surface area contributed by atoms with Crippen molar-refractivity contribution in [3.05, 3.63) is 65.2 Å². The van der Waals surface area contributed by atoms with Gasteiger partial charge in [-0.15, -0.1) is 0 Å². The van der Waals surface area contributed by atoms with Gasteiger partial charge in [-0.1, -0.05) is 61.7 Å². The summed E-state index contributed by atoms with van der Waals surface area (Å²) in [5.41, 5.74) is 5.95. The van der Waals surface area contributed by atoms with Gasteiger partial charge in [0, 0.05) is 18.5 Å². The molecule has 1 aliphatic rings. The molecule has 0 radical (unpaired) electrons. The van der Waals surface area contributed by atoms with Crippen molar-refractivity contribution in [3.63, 3.8) is 0 Å². The maximum absolute atomic E-state index is 13.4. The summed E-state index contributed by atoms with van der Waals surface area (Å²) in [5, 5.41) is 26.9. The lowest BCUT2D eigenvalue weighted by Crippen LogP contribution is -2.62. The molecule has 1 saturated carbocycles. The molecule has 0 spiro atoms. The maximum atomic E-state index is 13.4.